The second-order valence-corrected chi connectivity index (χ2v) is 11.9. The highest BCUT2D eigenvalue weighted by atomic mass is 35.5. The number of hydrogen-bond acceptors (Lipinski definition) is 4. The molecule has 202 valence electrons. The van der Waals surface area contributed by atoms with Crippen molar-refractivity contribution in [2.45, 2.75) is 25.9 Å². The smallest absolute Gasteiger partial charge is 0.244 e. The number of nitrogens with zero attached hydrogens (tertiary/aromatic N) is 2. The fraction of sp³-hybridized carbons (Fsp3) is 0.259. The Morgan fingerprint density at radius 3 is 2.24 bits per heavy atom. The summed E-state index contributed by atoms with van der Waals surface area (Å²) in [5.74, 6) is -0.998. The van der Waals surface area contributed by atoms with E-state index in [-0.39, 0.29) is 18.7 Å². The summed E-state index contributed by atoms with van der Waals surface area (Å²) >= 11 is 18.7. The zero-order valence-corrected chi connectivity index (χ0v) is 24.2. The predicted molar refractivity (Wildman–Crippen MR) is 153 cm³/mol. The third-order valence-electron chi connectivity index (χ3n) is 6.06. The van der Waals surface area contributed by atoms with Crippen LogP contribution in [0.3, 0.4) is 0 Å². The van der Waals surface area contributed by atoms with Crippen LogP contribution in [0, 0.1) is 6.92 Å². The molecule has 0 aromatic heterocycles. The maximum atomic E-state index is 13.9. The number of likely N-dealkylation sites (N-methyl/N-ethyl adjacent to an activating group) is 1. The van der Waals surface area contributed by atoms with Crippen molar-refractivity contribution in [1.29, 1.82) is 0 Å². The van der Waals surface area contributed by atoms with Gasteiger partial charge in [0.15, 0.2) is 0 Å². The van der Waals surface area contributed by atoms with Gasteiger partial charge in [-0.1, -0.05) is 77.3 Å². The van der Waals surface area contributed by atoms with Crippen LogP contribution < -0.4 is 9.62 Å². The minimum absolute atomic E-state index is 0.0497. The van der Waals surface area contributed by atoms with Gasteiger partial charge in [-0.05, 0) is 47.9 Å². The van der Waals surface area contributed by atoms with Gasteiger partial charge in [-0.3, -0.25) is 13.9 Å². The van der Waals surface area contributed by atoms with E-state index in [4.69, 9.17) is 34.8 Å². The van der Waals surface area contributed by atoms with Crippen molar-refractivity contribution in [1.82, 2.24) is 10.2 Å². The van der Waals surface area contributed by atoms with Gasteiger partial charge in [0.2, 0.25) is 21.8 Å². The van der Waals surface area contributed by atoms with E-state index in [1.807, 2.05) is 30.3 Å². The maximum absolute atomic E-state index is 13.9. The summed E-state index contributed by atoms with van der Waals surface area (Å²) in [6, 6.07) is 18.0. The van der Waals surface area contributed by atoms with Gasteiger partial charge in [0, 0.05) is 35.1 Å². The highest BCUT2D eigenvalue weighted by Gasteiger charge is 2.33. The fourth-order valence-corrected chi connectivity index (χ4v) is 5.55. The SMILES string of the molecule is CNC(=O)[C@H](Cc1ccccc1)N(Cc1ccc(Cl)cc1Cl)C(=O)CN(c1cccc(Cl)c1C)S(C)(=O)=O. The quantitative estimate of drug-likeness (QED) is 0.353. The van der Waals surface area contributed by atoms with Crippen LogP contribution in [-0.2, 0) is 32.6 Å². The predicted octanol–water partition coefficient (Wildman–Crippen LogP) is 5.11. The summed E-state index contributed by atoms with van der Waals surface area (Å²) in [6.07, 6.45) is 1.22. The maximum Gasteiger partial charge on any atom is 0.244 e. The number of nitrogens with one attached hydrogen (secondary N) is 1. The number of carbonyl (C=O) groups excluding carboxylic acids is 2. The summed E-state index contributed by atoms with van der Waals surface area (Å²) in [7, 11) is -2.42. The summed E-state index contributed by atoms with van der Waals surface area (Å²) in [6.45, 7) is 1.08. The van der Waals surface area contributed by atoms with Crippen molar-refractivity contribution in [3.8, 4) is 0 Å². The Morgan fingerprint density at radius 1 is 0.947 bits per heavy atom. The number of carbonyl (C=O) groups is 2. The van der Waals surface area contributed by atoms with Crippen molar-refractivity contribution in [2.75, 3.05) is 24.2 Å². The number of benzene rings is 3. The standard InChI is InChI=1S/C27H28Cl3N3O4S/c1-18-22(29)10-7-11-24(18)33(38(3,36)37)17-26(34)32(16-20-12-13-21(28)15-23(20)30)25(27(35)31-2)14-19-8-5-4-6-9-19/h4-13,15,25H,14,16-17H2,1-3H3,(H,31,35)/t25-/m0/s1. The number of halogens is 3. The Morgan fingerprint density at radius 2 is 1.63 bits per heavy atom. The van der Waals surface area contributed by atoms with Crippen LogP contribution in [0.5, 0.6) is 0 Å². The van der Waals surface area contributed by atoms with E-state index in [0.717, 1.165) is 16.1 Å². The number of amides is 2. The molecule has 0 heterocycles. The molecule has 3 rings (SSSR count). The molecule has 1 atom stereocenters. The number of anilines is 1. The number of sulfonamides is 1. The Hall–Kier alpha value is -2.78. The Kier molecular flexibility index (Phi) is 10.1. The van der Waals surface area contributed by atoms with Crippen LogP contribution >= 0.6 is 34.8 Å². The van der Waals surface area contributed by atoms with Crippen molar-refractivity contribution in [2.24, 2.45) is 0 Å². The third-order valence-corrected chi connectivity index (χ3v) is 8.18. The Bertz CT molecular complexity index is 1420. The summed E-state index contributed by atoms with van der Waals surface area (Å²) in [5, 5.41) is 3.72. The van der Waals surface area contributed by atoms with Crippen molar-refractivity contribution in [3.05, 3.63) is 98.5 Å². The van der Waals surface area contributed by atoms with Crippen LogP contribution in [0.4, 0.5) is 5.69 Å². The molecule has 0 aliphatic rings. The van der Waals surface area contributed by atoms with Crippen molar-refractivity contribution < 1.29 is 18.0 Å². The van der Waals surface area contributed by atoms with Crippen LogP contribution in [0.2, 0.25) is 15.1 Å². The average molecular weight is 597 g/mol. The lowest BCUT2D eigenvalue weighted by Crippen LogP contribution is -2.53. The molecular formula is C27H28Cl3N3O4S. The molecule has 2 amide bonds. The zero-order valence-electron chi connectivity index (χ0n) is 21.1. The molecule has 0 bridgehead atoms. The van der Waals surface area contributed by atoms with Gasteiger partial charge in [0.1, 0.15) is 12.6 Å². The minimum atomic E-state index is -3.90. The van der Waals surface area contributed by atoms with Gasteiger partial charge in [-0.2, -0.15) is 0 Å². The topological polar surface area (TPSA) is 86.8 Å². The minimum Gasteiger partial charge on any atom is -0.357 e. The number of rotatable bonds is 10. The van der Waals surface area contributed by atoms with Crippen molar-refractivity contribution in [3.63, 3.8) is 0 Å². The lowest BCUT2D eigenvalue weighted by molar-refractivity contribution is -0.139. The van der Waals surface area contributed by atoms with Gasteiger partial charge in [0.05, 0.1) is 11.9 Å². The first-order valence-corrected chi connectivity index (χ1v) is 14.6. The highest BCUT2D eigenvalue weighted by Crippen LogP contribution is 2.29. The second-order valence-electron chi connectivity index (χ2n) is 8.73. The zero-order chi connectivity index (χ0) is 28.0. The normalized spacial score (nSPS) is 12.1. The van der Waals surface area contributed by atoms with Crippen LogP contribution in [0.25, 0.3) is 0 Å². The third kappa shape index (κ3) is 7.41. The molecule has 38 heavy (non-hydrogen) atoms. The lowest BCUT2D eigenvalue weighted by Gasteiger charge is -2.33. The molecule has 0 saturated carbocycles. The first-order valence-electron chi connectivity index (χ1n) is 11.6. The molecule has 7 nitrogen and oxygen atoms in total. The summed E-state index contributed by atoms with van der Waals surface area (Å²) < 4.78 is 26.7. The molecule has 0 fully saturated rings. The summed E-state index contributed by atoms with van der Waals surface area (Å²) in [4.78, 5) is 28.4. The van der Waals surface area contributed by atoms with Crippen LogP contribution in [0.1, 0.15) is 16.7 Å². The molecule has 11 heteroatoms. The van der Waals surface area contributed by atoms with E-state index < -0.39 is 34.4 Å². The van der Waals surface area contributed by atoms with E-state index in [2.05, 4.69) is 5.32 Å². The first-order chi connectivity index (χ1) is 17.9. The second kappa shape index (κ2) is 12.8. The van der Waals surface area contributed by atoms with E-state index in [9.17, 15) is 18.0 Å². The molecule has 0 radical (unpaired) electrons. The number of hydrogen-bond donors (Lipinski definition) is 1. The fourth-order valence-electron chi connectivity index (χ4n) is 4.02. The van der Waals surface area contributed by atoms with E-state index in [1.165, 1.54) is 11.9 Å². The van der Waals surface area contributed by atoms with Gasteiger partial charge >= 0.3 is 0 Å². The van der Waals surface area contributed by atoms with E-state index in [0.29, 0.717) is 26.2 Å². The van der Waals surface area contributed by atoms with Gasteiger partial charge in [0.25, 0.3) is 0 Å². The van der Waals surface area contributed by atoms with Gasteiger partial charge in [-0.25, -0.2) is 8.42 Å². The van der Waals surface area contributed by atoms with Crippen LogP contribution in [0.15, 0.2) is 66.7 Å². The first kappa shape index (κ1) is 29.8. The molecule has 0 saturated heterocycles. The molecule has 3 aromatic carbocycles. The van der Waals surface area contributed by atoms with Gasteiger partial charge < -0.3 is 10.2 Å². The van der Waals surface area contributed by atoms with Crippen LogP contribution in [-0.4, -0.2) is 51.0 Å². The molecule has 0 spiro atoms. The Balaban J connectivity index is 2.08. The van der Waals surface area contributed by atoms with E-state index in [1.54, 1.807) is 43.3 Å². The monoisotopic (exact) mass is 595 g/mol. The average Bonchev–Trinajstić information content (AvgIpc) is 2.87. The molecule has 0 aliphatic carbocycles. The highest BCUT2D eigenvalue weighted by molar-refractivity contribution is 7.92. The lowest BCUT2D eigenvalue weighted by atomic mass is 10.0. The molecular weight excluding hydrogens is 569 g/mol. The molecule has 3 aromatic rings. The molecule has 1 N–H and O–H groups in total. The van der Waals surface area contributed by atoms with Crippen molar-refractivity contribution >= 4 is 62.3 Å². The largest absolute Gasteiger partial charge is 0.357 e. The molecule has 0 aliphatic heterocycles. The van der Waals surface area contributed by atoms with E-state index >= 15 is 0 Å². The molecule has 0 unspecified atom stereocenters. The summed E-state index contributed by atoms with van der Waals surface area (Å²) in [5.41, 5.74) is 2.16. The van der Waals surface area contributed by atoms with Gasteiger partial charge in [-0.15, -0.1) is 0 Å². The Labute approximate surface area is 238 Å².